The SMILES string of the molecule is CCOC(=O)c1nc(C(Cl)(Cl)Cl)n(-c2cccc(Cl)c2)n1. The molecule has 0 N–H and O–H groups in total. The predicted molar refractivity (Wildman–Crippen MR) is 81.6 cm³/mol. The number of hydrogen-bond acceptors (Lipinski definition) is 4. The van der Waals surface area contributed by atoms with Gasteiger partial charge in [0.2, 0.25) is 3.79 Å². The van der Waals surface area contributed by atoms with Crippen LogP contribution in [0.4, 0.5) is 0 Å². The number of aromatic nitrogens is 3. The summed E-state index contributed by atoms with van der Waals surface area (Å²) in [5.74, 6) is -0.926. The number of ether oxygens (including phenoxy) is 1. The van der Waals surface area contributed by atoms with Gasteiger partial charge >= 0.3 is 5.97 Å². The Kier molecular flexibility index (Phi) is 4.99. The van der Waals surface area contributed by atoms with Crippen LogP contribution in [0.25, 0.3) is 5.69 Å². The van der Waals surface area contributed by atoms with E-state index in [2.05, 4.69) is 10.1 Å². The Hall–Kier alpha value is -1.01. The molecule has 5 nitrogen and oxygen atoms in total. The van der Waals surface area contributed by atoms with Gasteiger partial charge in [-0.05, 0) is 25.1 Å². The highest BCUT2D eigenvalue weighted by Gasteiger charge is 2.33. The smallest absolute Gasteiger partial charge is 0.378 e. The molecule has 0 bridgehead atoms. The molecule has 21 heavy (non-hydrogen) atoms. The molecule has 0 saturated heterocycles. The summed E-state index contributed by atoms with van der Waals surface area (Å²) in [5, 5.41) is 4.49. The molecule has 0 fully saturated rings. The summed E-state index contributed by atoms with van der Waals surface area (Å²) >= 11 is 23.5. The molecule has 1 heterocycles. The normalized spacial score (nSPS) is 11.5. The highest BCUT2D eigenvalue weighted by atomic mass is 35.6. The molecule has 0 amide bonds. The third-order valence-electron chi connectivity index (χ3n) is 2.37. The number of halogens is 4. The molecule has 2 aromatic rings. The van der Waals surface area contributed by atoms with Crippen LogP contribution in [0.5, 0.6) is 0 Å². The van der Waals surface area contributed by atoms with Gasteiger partial charge in [-0.1, -0.05) is 52.5 Å². The second kappa shape index (κ2) is 6.40. The zero-order chi connectivity index (χ0) is 15.6. The van der Waals surface area contributed by atoms with Crippen LogP contribution in [0.2, 0.25) is 5.02 Å². The molecule has 0 aliphatic carbocycles. The maximum atomic E-state index is 11.7. The van der Waals surface area contributed by atoms with Crippen LogP contribution in [0.3, 0.4) is 0 Å². The van der Waals surface area contributed by atoms with Crippen molar-refractivity contribution < 1.29 is 9.53 Å². The topological polar surface area (TPSA) is 57.0 Å². The van der Waals surface area contributed by atoms with Crippen molar-refractivity contribution in [2.75, 3.05) is 6.61 Å². The van der Waals surface area contributed by atoms with Crippen molar-refractivity contribution in [2.45, 2.75) is 10.7 Å². The van der Waals surface area contributed by atoms with Crippen LogP contribution in [-0.2, 0) is 8.53 Å². The zero-order valence-electron chi connectivity index (χ0n) is 10.7. The Labute approximate surface area is 140 Å². The summed E-state index contributed by atoms with van der Waals surface area (Å²) in [5.41, 5.74) is 0.506. The monoisotopic (exact) mass is 367 g/mol. The summed E-state index contributed by atoms with van der Waals surface area (Å²) in [6.07, 6.45) is 0. The number of carbonyl (C=O) groups is 1. The van der Waals surface area contributed by atoms with Gasteiger partial charge in [0.1, 0.15) is 0 Å². The van der Waals surface area contributed by atoms with E-state index in [0.29, 0.717) is 10.7 Å². The van der Waals surface area contributed by atoms with Gasteiger partial charge in [-0.2, -0.15) is 0 Å². The Morgan fingerprint density at radius 2 is 2.10 bits per heavy atom. The van der Waals surface area contributed by atoms with Gasteiger partial charge < -0.3 is 4.74 Å². The molecule has 1 aromatic carbocycles. The van der Waals surface area contributed by atoms with Crippen molar-refractivity contribution in [3.63, 3.8) is 0 Å². The molecule has 0 atom stereocenters. The van der Waals surface area contributed by atoms with E-state index in [9.17, 15) is 4.79 Å². The molecule has 0 saturated carbocycles. The molecule has 0 unspecified atom stereocenters. The Balaban J connectivity index is 2.56. The second-order valence-electron chi connectivity index (χ2n) is 3.87. The first-order valence-corrected chi connectivity index (χ1v) is 7.31. The molecule has 9 heteroatoms. The Morgan fingerprint density at radius 3 is 2.67 bits per heavy atom. The van der Waals surface area contributed by atoms with E-state index in [1.54, 1.807) is 31.2 Å². The van der Waals surface area contributed by atoms with E-state index in [1.165, 1.54) is 4.68 Å². The summed E-state index contributed by atoms with van der Waals surface area (Å²) in [6, 6.07) is 6.68. The molecule has 0 aliphatic rings. The number of hydrogen-bond donors (Lipinski definition) is 0. The maximum absolute atomic E-state index is 11.7. The number of carbonyl (C=O) groups excluding carboxylic acids is 1. The van der Waals surface area contributed by atoms with E-state index >= 15 is 0 Å². The van der Waals surface area contributed by atoms with E-state index < -0.39 is 9.76 Å². The quantitative estimate of drug-likeness (QED) is 0.608. The lowest BCUT2D eigenvalue weighted by Crippen LogP contribution is -2.11. The minimum Gasteiger partial charge on any atom is -0.460 e. The predicted octanol–water partition coefficient (Wildman–Crippen LogP) is 3.92. The van der Waals surface area contributed by atoms with Gasteiger partial charge in [0.15, 0.2) is 5.82 Å². The van der Waals surface area contributed by atoms with Crippen molar-refractivity contribution in [1.29, 1.82) is 0 Å². The highest BCUT2D eigenvalue weighted by molar-refractivity contribution is 6.66. The van der Waals surface area contributed by atoms with Crippen LogP contribution < -0.4 is 0 Å². The first-order valence-electron chi connectivity index (χ1n) is 5.80. The third-order valence-corrected chi connectivity index (χ3v) is 3.11. The van der Waals surface area contributed by atoms with Gasteiger partial charge in [0, 0.05) is 5.02 Å². The first kappa shape index (κ1) is 16.4. The van der Waals surface area contributed by atoms with Crippen LogP contribution in [0, 0.1) is 0 Å². The second-order valence-corrected chi connectivity index (χ2v) is 6.59. The maximum Gasteiger partial charge on any atom is 0.378 e. The van der Waals surface area contributed by atoms with Crippen molar-refractivity contribution in [3.8, 4) is 5.69 Å². The van der Waals surface area contributed by atoms with Gasteiger partial charge in [-0.3, -0.25) is 0 Å². The van der Waals surface area contributed by atoms with Crippen molar-refractivity contribution in [1.82, 2.24) is 14.8 Å². The van der Waals surface area contributed by atoms with Gasteiger partial charge in [-0.15, -0.1) is 5.10 Å². The summed E-state index contributed by atoms with van der Waals surface area (Å²) in [7, 11) is 0. The number of esters is 1. The van der Waals surface area contributed by atoms with E-state index in [-0.39, 0.29) is 18.3 Å². The number of nitrogens with zero attached hydrogens (tertiary/aromatic N) is 3. The Morgan fingerprint density at radius 1 is 1.38 bits per heavy atom. The standard InChI is InChI=1S/C12H9Cl4N3O2/c1-2-21-10(20)9-17-11(12(14,15)16)19(18-9)8-5-3-4-7(13)6-8/h3-6H,2H2,1H3. The van der Waals surface area contributed by atoms with Crippen molar-refractivity contribution in [2.24, 2.45) is 0 Å². The molecule has 112 valence electrons. The average molecular weight is 369 g/mol. The van der Waals surface area contributed by atoms with Crippen LogP contribution in [0.15, 0.2) is 24.3 Å². The van der Waals surface area contributed by atoms with Gasteiger partial charge in [0.25, 0.3) is 5.82 Å². The van der Waals surface area contributed by atoms with Gasteiger partial charge in [0.05, 0.1) is 12.3 Å². The average Bonchev–Trinajstić information content (AvgIpc) is 2.84. The molecule has 1 aromatic heterocycles. The van der Waals surface area contributed by atoms with E-state index in [4.69, 9.17) is 51.1 Å². The molecular formula is C12H9Cl4N3O2. The molecule has 2 rings (SSSR count). The van der Waals surface area contributed by atoms with E-state index in [0.717, 1.165) is 0 Å². The number of rotatable bonds is 3. The molecule has 0 spiro atoms. The number of benzene rings is 1. The first-order chi connectivity index (χ1) is 9.82. The lowest BCUT2D eigenvalue weighted by atomic mass is 10.3. The van der Waals surface area contributed by atoms with Crippen LogP contribution in [0.1, 0.15) is 23.4 Å². The summed E-state index contributed by atoms with van der Waals surface area (Å²) in [6.45, 7) is 1.86. The molecule has 0 radical (unpaired) electrons. The van der Waals surface area contributed by atoms with Crippen molar-refractivity contribution in [3.05, 3.63) is 40.9 Å². The largest absolute Gasteiger partial charge is 0.460 e. The van der Waals surface area contributed by atoms with Gasteiger partial charge in [-0.25, -0.2) is 14.5 Å². The minimum absolute atomic E-state index is 0.0298. The Bertz CT molecular complexity index is 667. The van der Waals surface area contributed by atoms with Crippen LogP contribution >= 0.6 is 46.4 Å². The summed E-state index contributed by atoms with van der Waals surface area (Å²) in [4.78, 5) is 15.7. The highest BCUT2D eigenvalue weighted by Crippen LogP contribution is 2.38. The lowest BCUT2D eigenvalue weighted by molar-refractivity contribution is 0.0512. The fraction of sp³-hybridized carbons (Fsp3) is 0.250. The van der Waals surface area contributed by atoms with Crippen molar-refractivity contribution >= 4 is 52.4 Å². The third kappa shape index (κ3) is 3.80. The molecule has 0 aliphatic heterocycles. The lowest BCUT2D eigenvalue weighted by Gasteiger charge is -2.11. The minimum atomic E-state index is -1.86. The summed E-state index contributed by atoms with van der Waals surface area (Å²) < 4.78 is 4.22. The van der Waals surface area contributed by atoms with Crippen LogP contribution in [-0.4, -0.2) is 27.3 Å². The van der Waals surface area contributed by atoms with E-state index in [1.807, 2.05) is 0 Å². The fourth-order valence-corrected chi connectivity index (χ4v) is 2.12. The molecular weight excluding hydrogens is 360 g/mol. The number of alkyl halides is 3. The zero-order valence-corrected chi connectivity index (χ0v) is 13.7. The fourth-order valence-electron chi connectivity index (χ4n) is 1.57.